The van der Waals surface area contributed by atoms with Gasteiger partial charge in [-0.1, -0.05) is 105 Å². The van der Waals surface area contributed by atoms with Crippen molar-refractivity contribution in [3.05, 3.63) is 0 Å². The minimum atomic E-state index is -0.745. The van der Waals surface area contributed by atoms with Gasteiger partial charge in [0, 0.05) is 25.9 Å². The zero-order valence-electron chi connectivity index (χ0n) is 30.7. The molecule has 4 saturated carbocycles. The van der Waals surface area contributed by atoms with Crippen LogP contribution in [0.2, 0.25) is 0 Å². The third kappa shape index (κ3) is 20.5. The van der Waals surface area contributed by atoms with Gasteiger partial charge in [-0.05, 0) is 57.4 Å². The molecule has 0 bridgehead atoms. The molecule has 0 radical (unpaired) electrons. The summed E-state index contributed by atoms with van der Waals surface area (Å²) in [5, 5.41) is 15.8. The lowest BCUT2D eigenvalue weighted by molar-refractivity contribution is -0.137. The molecule has 4 aliphatic carbocycles. The summed E-state index contributed by atoms with van der Waals surface area (Å²) in [5.74, 6) is 1.50. The van der Waals surface area contributed by atoms with Crippen LogP contribution in [0.25, 0.3) is 0 Å². The van der Waals surface area contributed by atoms with Crippen LogP contribution in [-0.2, 0) is 24.0 Å². The van der Waals surface area contributed by atoms with Gasteiger partial charge >= 0.3 is 5.97 Å². The van der Waals surface area contributed by atoms with Crippen LogP contribution >= 0.6 is 0 Å². The lowest BCUT2D eigenvalue weighted by Gasteiger charge is -2.29. The molecule has 5 rings (SSSR count). The maximum Gasteiger partial charge on any atom is 0.303 e. The molecule has 4 N–H and O–H groups in total. The molecule has 0 aromatic carbocycles. The Kier molecular flexibility index (Phi) is 27.0. The van der Waals surface area contributed by atoms with Crippen molar-refractivity contribution >= 4 is 30.0 Å². The molecule has 0 aromatic rings. The van der Waals surface area contributed by atoms with Crippen molar-refractivity contribution in [3.63, 3.8) is 0 Å². The van der Waals surface area contributed by atoms with Crippen molar-refractivity contribution in [2.75, 3.05) is 27.2 Å². The van der Waals surface area contributed by atoms with Gasteiger partial charge in [-0.15, -0.1) is 0 Å². The largest absolute Gasteiger partial charge is 0.481 e. The van der Waals surface area contributed by atoms with Crippen molar-refractivity contribution in [1.29, 1.82) is 0 Å². The van der Waals surface area contributed by atoms with Crippen molar-refractivity contribution in [3.8, 4) is 0 Å². The number of hydrogen-bond acceptors (Lipinski definition) is 6. The minimum Gasteiger partial charge on any atom is -0.481 e. The predicted molar refractivity (Wildman–Crippen MR) is 190 cm³/mol. The Morgan fingerprint density at radius 2 is 1.28 bits per heavy atom. The van der Waals surface area contributed by atoms with Gasteiger partial charge < -0.3 is 26.0 Å². The Morgan fingerprint density at radius 3 is 1.64 bits per heavy atom. The summed E-state index contributed by atoms with van der Waals surface area (Å²) in [6.07, 6.45) is 24.5. The highest BCUT2D eigenvalue weighted by molar-refractivity contribution is 5.89. The molecule has 1 heterocycles. The third-order valence-electron chi connectivity index (χ3n) is 9.37. The first-order chi connectivity index (χ1) is 22.7. The van der Waals surface area contributed by atoms with Gasteiger partial charge in [0.25, 0.3) is 0 Å². The second-order valence-electron chi connectivity index (χ2n) is 13.1. The number of ketones is 1. The number of amides is 3. The molecule has 10 nitrogen and oxygen atoms in total. The molecule has 0 aromatic heterocycles. The fraction of sp³-hybridized carbons (Fsp3) is 0.865. The van der Waals surface area contributed by atoms with Crippen LogP contribution in [0.1, 0.15) is 150 Å². The van der Waals surface area contributed by atoms with E-state index in [9.17, 15) is 24.0 Å². The summed E-state index contributed by atoms with van der Waals surface area (Å²) in [7, 11) is 3.49. The van der Waals surface area contributed by atoms with E-state index in [1.165, 1.54) is 94.8 Å². The van der Waals surface area contributed by atoms with Crippen molar-refractivity contribution in [1.82, 2.24) is 20.9 Å². The van der Waals surface area contributed by atoms with Gasteiger partial charge in [0.15, 0.2) is 5.78 Å². The highest BCUT2D eigenvalue weighted by atomic mass is 16.4. The predicted octanol–water partition coefficient (Wildman–Crippen LogP) is 6.26. The average molecular weight is 667 g/mol. The summed E-state index contributed by atoms with van der Waals surface area (Å²) in [4.78, 5) is 55.9. The van der Waals surface area contributed by atoms with Crippen LogP contribution in [0.4, 0.5) is 0 Å². The van der Waals surface area contributed by atoms with E-state index in [4.69, 9.17) is 5.11 Å². The number of likely N-dealkylation sites (N-methyl/N-ethyl adjacent to an activating group) is 2. The molecule has 0 spiro atoms. The number of likely N-dealkylation sites (tertiary alicyclic amines) is 1. The first-order valence-electron chi connectivity index (χ1n) is 18.8. The van der Waals surface area contributed by atoms with Gasteiger partial charge in [-0.3, -0.25) is 24.0 Å². The van der Waals surface area contributed by atoms with Crippen molar-refractivity contribution < 1.29 is 29.1 Å². The van der Waals surface area contributed by atoms with E-state index in [-0.39, 0.29) is 36.9 Å². The molecule has 1 unspecified atom stereocenters. The van der Waals surface area contributed by atoms with Crippen LogP contribution in [0, 0.1) is 17.8 Å². The first-order valence-corrected chi connectivity index (χ1v) is 18.8. The molecule has 5 aliphatic rings. The molecular formula is C37H70N4O6. The molecule has 47 heavy (non-hydrogen) atoms. The first kappa shape index (κ1) is 44.5. The number of hydrogen-bond donors (Lipinski definition) is 4. The Balaban J connectivity index is 0.000000601. The number of carboxylic acids is 1. The van der Waals surface area contributed by atoms with E-state index in [0.29, 0.717) is 37.0 Å². The Morgan fingerprint density at radius 1 is 0.787 bits per heavy atom. The fourth-order valence-electron chi connectivity index (χ4n) is 6.11. The lowest BCUT2D eigenvalue weighted by atomic mass is 9.81. The van der Waals surface area contributed by atoms with E-state index in [1.54, 1.807) is 14.0 Å². The second-order valence-corrected chi connectivity index (χ2v) is 13.1. The van der Waals surface area contributed by atoms with Gasteiger partial charge in [0.1, 0.15) is 6.04 Å². The minimum absolute atomic E-state index is 0.0446. The Labute approximate surface area is 286 Å². The molecule has 10 heteroatoms. The number of Topliss-reactive ketones (excluding diaryl/α,β-unsaturated/α-hetero) is 1. The summed E-state index contributed by atoms with van der Waals surface area (Å²) in [5.41, 5.74) is 0. The fourth-order valence-corrected chi connectivity index (χ4v) is 6.11. The maximum atomic E-state index is 12.0. The Hall–Kier alpha value is -2.49. The molecule has 274 valence electrons. The molecule has 1 saturated heterocycles. The maximum absolute atomic E-state index is 12.0. The smallest absolute Gasteiger partial charge is 0.303 e. The standard InChI is InChI=1S/C12H21NO.C9H15N3O3.C6H12.C5H10.C3H6O2.C2H6/c1-13-11(12(14)10-7-8-10)9-5-3-2-4-6-9;1-10-9(15)7-3-2-4-12(7)8(14)5-11-6-13;1-2-4-6-5-3-1;1-5-3-2-4-5;1-2-3(4)5;1-2/h9-11,13H,2-8H2,1H3;6-7H,2-5H2,1H3,(H,10,15)(H,11,13);1-6H2;5H,2-4H2,1H3;2H2,1H3,(H,4,5);1-2H3/t;7-;;;;/m.0..../s1. The molecule has 5 fully saturated rings. The number of rotatable bonds is 9. The second kappa shape index (κ2) is 28.5. The summed E-state index contributed by atoms with van der Waals surface area (Å²) in [6.45, 7) is 8.44. The molecule has 2 atom stereocenters. The average Bonchev–Trinajstić information content (AvgIpc) is 3.85. The van der Waals surface area contributed by atoms with Crippen LogP contribution in [0.3, 0.4) is 0 Å². The zero-order chi connectivity index (χ0) is 35.5. The van der Waals surface area contributed by atoms with E-state index >= 15 is 0 Å². The summed E-state index contributed by atoms with van der Waals surface area (Å²) < 4.78 is 0. The number of carbonyl (C=O) groups is 5. The lowest BCUT2D eigenvalue weighted by Crippen LogP contribution is -2.47. The van der Waals surface area contributed by atoms with Gasteiger partial charge in [-0.25, -0.2) is 0 Å². The quantitative estimate of drug-likeness (QED) is 0.213. The SMILES string of the molecule is C1CCCCC1.CC.CC1CCC1.CCC(=O)O.CNC(=O)[C@@H]1CCCN1C(=O)CNC=O.CNC(C(=O)C1CC1)C1CCCCC1. The molecule has 3 amide bonds. The normalized spacial score (nSPS) is 20.8. The van der Waals surface area contributed by atoms with Crippen LogP contribution in [0.15, 0.2) is 0 Å². The molecular weight excluding hydrogens is 596 g/mol. The highest BCUT2D eigenvalue weighted by Crippen LogP contribution is 2.35. The highest BCUT2D eigenvalue weighted by Gasteiger charge is 2.38. The van der Waals surface area contributed by atoms with Gasteiger partial charge in [0.2, 0.25) is 18.2 Å². The Bertz CT molecular complexity index is 840. The number of nitrogens with zero attached hydrogens (tertiary/aromatic N) is 1. The van der Waals surface area contributed by atoms with E-state index in [1.807, 2.05) is 20.9 Å². The third-order valence-corrected chi connectivity index (χ3v) is 9.37. The summed E-state index contributed by atoms with van der Waals surface area (Å²) in [6, 6.07) is -0.209. The number of carbonyl (C=O) groups excluding carboxylic acids is 4. The number of carboxylic acid groups (broad SMARTS) is 1. The van der Waals surface area contributed by atoms with Crippen LogP contribution in [0.5, 0.6) is 0 Å². The van der Waals surface area contributed by atoms with Crippen LogP contribution < -0.4 is 16.0 Å². The zero-order valence-corrected chi connectivity index (χ0v) is 30.7. The van der Waals surface area contributed by atoms with Crippen LogP contribution in [-0.4, -0.2) is 79.3 Å². The van der Waals surface area contributed by atoms with Gasteiger partial charge in [0.05, 0.1) is 12.6 Å². The number of aliphatic carboxylic acids is 1. The van der Waals surface area contributed by atoms with E-state index in [2.05, 4.69) is 22.9 Å². The van der Waals surface area contributed by atoms with Crippen molar-refractivity contribution in [2.24, 2.45) is 17.8 Å². The van der Waals surface area contributed by atoms with E-state index in [0.717, 1.165) is 25.2 Å². The summed E-state index contributed by atoms with van der Waals surface area (Å²) >= 11 is 0. The van der Waals surface area contributed by atoms with Gasteiger partial charge in [-0.2, -0.15) is 0 Å². The van der Waals surface area contributed by atoms with Crippen molar-refractivity contribution in [2.45, 2.75) is 162 Å². The number of nitrogens with one attached hydrogen (secondary N) is 3. The molecule has 1 aliphatic heterocycles. The topological polar surface area (TPSA) is 145 Å². The van der Waals surface area contributed by atoms with E-state index < -0.39 is 5.97 Å². The monoisotopic (exact) mass is 667 g/mol.